The van der Waals surface area contributed by atoms with Crippen molar-refractivity contribution in [2.45, 2.75) is 64.3 Å². The fourth-order valence-electron chi connectivity index (χ4n) is 1.85. The Morgan fingerprint density at radius 3 is 1.95 bits per heavy atom. The quantitative estimate of drug-likeness (QED) is 0.143. The first kappa shape index (κ1) is 20.3. The first-order valence-electron chi connectivity index (χ1n) is 7.32. The van der Waals surface area contributed by atoms with Gasteiger partial charge in [-0.15, -0.1) is 33.2 Å². The molecule has 0 heterocycles. The Bertz CT molecular complexity index is 278. The number of carbonyl (C=O) groups is 1. The fraction of sp³-hybridized carbons (Fsp3) is 0.786. The van der Waals surface area contributed by atoms with Crippen LogP contribution in [0.3, 0.4) is 0 Å². The van der Waals surface area contributed by atoms with E-state index in [1.54, 1.807) is 13.0 Å². The second kappa shape index (κ2) is 13.0. The molecule has 0 aromatic carbocycles. The molecule has 6 heteroatoms. The van der Waals surface area contributed by atoms with E-state index < -0.39 is 6.00 Å². The zero-order valence-electron chi connectivity index (χ0n) is 12.2. The number of allylic oxidation sites excluding steroid dienone is 1. The summed E-state index contributed by atoms with van der Waals surface area (Å²) < 4.78 is 5.01. The Kier molecular flexibility index (Phi) is 13.2. The number of rotatable bonds is 12. The molecule has 0 aliphatic heterocycles. The van der Waals surface area contributed by atoms with Crippen molar-refractivity contribution in [3.05, 3.63) is 12.2 Å². The van der Waals surface area contributed by atoms with Gasteiger partial charge >= 0.3 is 12.0 Å². The molecule has 0 N–H and O–H groups in total. The number of ether oxygens (including phenoxy) is 1. The van der Waals surface area contributed by atoms with Gasteiger partial charge in [0.1, 0.15) is 0 Å². The van der Waals surface area contributed by atoms with Gasteiger partial charge in [-0.1, -0.05) is 51.0 Å². The normalized spacial score (nSPS) is 12.0. The zero-order valence-corrected chi connectivity index (χ0v) is 15.4. The van der Waals surface area contributed by atoms with Crippen LogP contribution in [0.2, 0.25) is 6.04 Å². The third-order valence-corrected chi connectivity index (χ3v) is 5.52. The van der Waals surface area contributed by atoms with Crippen LogP contribution in [0.4, 0.5) is 0 Å². The largest absolute Gasteiger partial charge is 0.463 e. The van der Waals surface area contributed by atoms with Crippen molar-refractivity contribution in [3.8, 4) is 0 Å². The molecule has 2 nitrogen and oxygen atoms in total. The average Bonchev–Trinajstić information content (AvgIpc) is 2.35. The highest BCUT2D eigenvalue weighted by atomic mass is 35.8. The summed E-state index contributed by atoms with van der Waals surface area (Å²) in [7, 11) is 0. The molecular formula is C14H25Cl3O2Si. The second-order valence-corrected chi connectivity index (χ2v) is 14.1. The lowest BCUT2D eigenvalue weighted by Crippen LogP contribution is -2.07. The molecule has 20 heavy (non-hydrogen) atoms. The summed E-state index contributed by atoms with van der Waals surface area (Å²) >= 11 is 17.4. The monoisotopic (exact) mass is 358 g/mol. The summed E-state index contributed by atoms with van der Waals surface area (Å²) in [5.74, 6) is -0.245. The summed E-state index contributed by atoms with van der Waals surface area (Å²) in [6.45, 7) is 2.33. The van der Waals surface area contributed by atoms with Gasteiger partial charge in [0.25, 0.3) is 0 Å². The van der Waals surface area contributed by atoms with E-state index >= 15 is 0 Å². The molecule has 0 spiro atoms. The minimum atomic E-state index is -2.39. The topological polar surface area (TPSA) is 26.3 Å². The highest BCUT2D eigenvalue weighted by Crippen LogP contribution is 2.27. The maximum Gasteiger partial charge on any atom is 0.341 e. The molecule has 0 unspecified atom stereocenters. The number of hydrogen-bond donors (Lipinski definition) is 0. The van der Waals surface area contributed by atoms with E-state index in [1.807, 2.05) is 0 Å². The molecular weight excluding hydrogens is 335 g/mol. The van der Waals surface area contributed by atoms with Crippen molar-refractivity contribution in [1.82, 2.24) is 0 Å². The van der Waals surface area contributed by atoms with Crippen LogP contribution in [-0.2, 0) is 9.53 Å². The number of esters is 1. The fourth-order valence-corrected chi connectivity index (χ4v) is 3.70. The first-order valence-corrected chi connectivity index (χ1v) is 12.6. The maximum absolute atomic E-state index is 11.0. The van der Waals surface area contributed by atoms with Crippen molar-refractivity contribution in [2.24, 2.45) is 0 Å². The standard InChI is InChI=1S/C14H25Cl3O2Si/c1-2-11-14(18)19-12-9-7-5-3-4-6-8-10-13-20(15,16)17/h2,11H,3-10,12-13H2,1H3. The van der Waals surface area contributed by atoms with Gasteiger partial charge in [0.15, 0.2) is 0 Å². The molecule has 0 aliphatic rings. The highest BCUT2D eigenvalue weighted by molar-refractivity contribution is 7.64. The van der Waals surface area contributed by atoms with Crippen LogP contribution in [0.25, 0.3) is 0 Å². The molecule has 0 radical (unpaired) electrons. The SMILES string of the molecule is CC=CC(=O)OCCCCCCCCCC[Si](Cl)(Cl)Cl. The molecule has 0 atom stereocenters. The van der Waals surface area contributed by atoms with Gasteiger partial charge in [0.05, 0.1) is 6.61 Å². The summed E-state index contributed by atoms with van der Waals surface area (Å²) in [5.41, 5.74) is 0. The predicted octanol–water partition coefficient (Wildman–Crippen LogP) is 5.88. The molecule has 0 aromatic heterocycles. The molecule has 0 bridgehead atoms. The van der Waals surface area contributed by atoms with Crippen LogP contribution in [0.1, 0.15) is 58.3 Å². The van der Waals surface area contributed by atoms with E-state index in [4.69, 9.17) is 38.0 Å². The Morgan fingerprint density at radius 2 is 1.45 bits per heavy atom. The van der Waals surface area contributed by atoms with Gasteiger partial charge < -0.3 is 4.74 Å². The second-order valence-electron chi connectivity index (χ2n) is 4.86. The van der Waals surface area contributed by atoms with Crippen LogP contribution < -0.4 is 0 Å². The van der Waals surface area contributed by atoms with E-state index in [2.05, 4.69) is 0 Å². The lowest BCUT2D eigenvalue weighted by molar-refractivity contribution is -0.137. The molecule has 118 valence electrons. The summed E-state index contributed by atoms with van der Waals surface area (Å²) in [6.07, 6.45) is 12.3. The molecule has 0 aromatic rings. The molecule has 0 saturated heterocycles. The summed E-state index contributed by atoms with van der Waals surface area (Å²) in [4.78, 5) is 11.0. The summed E-state index contributed by atoms with van der Waals surface area (Å²) in [6, 6.07) is -1.62. The molecule has 0 saturated carbocycles. The van der Waals surface area contributed by atoms with Gasteiger partial charge in [-0.05, 0) is 19.4 Å². The van der Waals surface area contributed by atoms with E-state index in [1.165, 1.54) is 31.8 Å². The van der Waals surface area contributed by atoms with Crippen molar-refractivity contribution in [3.63, 3.8) is 0 Å². The van der Waals surface area contributed by atoms with Crippen molar-refractivity contribution < 1.29 is 9.53 Å². The Labute approximate surface area is 137 Å². The van der Waals surface area contributed by atoms with Crippen molar-refractivity contribution in [2.75, 3.05) is 6.61 Å². The third-order valence-electron chi connectivity index (χ3n) is 2.90. The molecule has 0 amide bonds. The van der Waals surface area contributed by atoms with E-state index in [9.17, 15) is 4.79 Å². The Hall–Kier alpha value is 0.297. The van der Waals surface area contributed by atoms with Gasteiger partial charge in [-0.25, -0.2) is 4.79 Å². The molecule has 0 fully saturated rings. The third kappa shape index (κ3) is 16.4. The number of halogens is 3. The molecule has 0 rings (SSSR count). The van der Waals surface area contributed by atoms with Crippen molar-refractivity contribution in [1.29, 1.82) is 0 Å². The lowest BCUT2D eigenvalue weighted by atomic mass is 10.1. The Morgan fingerprint density at radius 1 is 0.950 bits per heavy atom. The smallest absolute Gasteiger partial charge is 0.341 e. The van der Waals surface area contributed by atoms with Gasteiger partial charge in [-0.3, -0.25) is 0 Å². The van der Waals surface area contributed by atoms with E-state index in [0.29, 0.717) is 6.61 Å². The van der Waals surface area contributed by atoms with Crippen molar-refractivity contribution >= 4 is 45.2 Å². The molecule has 0 aliphatic carbocycles. The first-order chi connectivity index (χ1) is 9.45. The minimum Gasteiger partial charge on any atom is -0.463 e. The van der Waals surface area contributed by atoms with Gasteiger partial charge in [0, 0.05) is 6.08 Å². The van der Waals surface area contributed by atoms with E-state index in [0.717, 1.165) is 31.7 Å². The van der Waals surface area contributed by atoms with Crippen LogP contribution in [-0.4, -0.2) is 18.6 Å². The van der Waals surface area contributed by atoms with Crippen LogP contribution in [0.5, 0.6) is 0 Å². The van der Waals surface area contributed by atoms with E-state index in [-0.39, 0.29) is 5.97 Å². The minimum absolute atomic E-state index is 0.245. The number of carbonyl (C=O) groups excluding carboxylic acids is 1. The maximum atomic E-state index is 11.0. The number of unbranched alkanes of at least 4 members (excludes halogenated alkanes) is 7. The van der Waals surface area contributed by atoms with Crippen LogP contribution >= 0.6 is 33.2 Å². The average molecular weight is 360 g/mol. The highest BCUT2D eigenvalue weighted by Gasteiger charge is 2.23. The predicted molar refractivity (Wildman–Crippen MR) is 90.8 cm³/mol. The van der Waals surface area contributed by atoms with Crippen LogP contribution in [0, 0.1) is 0 Å². The van der Waals surface area contributed by atoms with Crippen LogP contribution in [0.15, 0.2) is 12.2 Å². The number of hydrogen-bond acceptors (Lipinski definition) is 2. The Balaban J connectivity index is 3.16. The zero-order chi connectivity index (χ0) is 15.3. The van der Waals surface area contributed by atoms with Gasteiger partial charge in [-0.2, -0.15) is 0 Å². The van der Waals surface area contributed by atoms with Gasteiger partial charge in [0.2, 0.25) is 0 Å². The summed E-state index contributed by atoms with van der Waals surface area (Å²) in [5, 5.41) is 0. The lowest BCUT2D eigenvalue weighted by Gasteiger charge is -2.06.